The summed E-state index contributed by atoms with van der Waals surface area (Å²) in [6, 6.07) is 25.6. The Morgan fingerprint density at radius 1 is 0.815 bits per heavy atom. The number of hydrogen-bond donors (Lipinski definition) is 1. The Bertz CT molecular complexity index is 1000. The van der Waals surface area contributed by atoms with Crippen LogP contribution in [0.1, 0.15) is 16.7 Å². The molecule has 5 heteroatoms. The molecule has 0 heterocycles. The molecule has 0 radical (unpaired) electrons. The van der Waals surface area contributed by atoms with Crippen LogP contribution in [0.25, 0.3) is 0 Å². The van der Waals surface area contributed by atoms with Gasteiger partial charge in [-0.05, 0) is 41.3 Å². The van der Waals surface area contributed by atoms with Crippen LogP contribution < -0.4 is 5.32 Å². The first-order valence-electron chi connectivity index (χ1n) is 8.84. The van der Waals surface area contributed by atoms with Crippen molar-refractivity contribution >= 4 is 15.7 Å². The van der Waals surface area contributed by atoms with Gasteiger partial charge in [-0.15, -0.1) is 0 Å². The van der Waals surface area contributed by atoms with E-state index in [0.29, 0.717) is 11.4 Å². The minimum absolute atomic E-state index is 0.310. The smallest absolute Gasteiger partial charge is 0.242 e. The number of rotatable bonds is 7. The van der Waals surface area contributed by atoms with Gasteiger partial charge in [-0.1, -0.05) is 60.7 Å². The quantitative estimate of drug-likeness (QED) is 0.670. The monoisotopic (exact) mass is 380 g/mol. The van der Waals surface area contributed by atoms with E-state index in [-0.39, 0.29) is 0 Å². The molecular weight excluding hydrogens is 356 g/mol. The maximum atomic E-state index is 12.3. The SMILES string of the molecule is CN(C)S(=O)(=O)c1cccc(CNc2ccccc2Cc2ccccc2)c1. The van der Waals surface area contributed by atoms with Gasteiger partial charge in [0, 0.05) is 26.3 Å². The molecule has 0 saturated carbocycles. The Hall–Kier alpha value is -2.63. The van der Waals surface area contributed by atoms with Crippen LogP contribution in [0.15, 0.2) is 83.8 Å². The first-order valence-corrected chi connectivity index (χ1v) is 10.3. The number of para-hydroxylation sites is 1. The Morgan fingerprint density at radius 2 is 1.48 bits per heavy atom. The third kappa shape index (κ3) is 4.76. The molecule has 140 valence electrons. The minimum Gasteiger partial charge on any atom is -0.381 e. The molecule has 4 nitrogen and oxygen atoms in total. The van der Waals surface area contributed by atoms with Crippen molar-refractivity contribution < 1.29 is 8.42 Å². The topological polar surface area (TPSA) is 49.4 Å². The standard InChI is InChI=1S/C22H24N2O2S/c1-24(2)27(25,26)21-13-8-11-19(16-21)17-23-22-14-7-6-12-20(22)15-18-9-4-3-5-10-18/h3-14,16,23H,15,17H2,1-2H3. The summed E-state index contributed by atoms with van der Waals surface area (Å²) in [7, 11) is -0.342. The molecule has 0 saturated heterocycles. The van der Waals surface area contributed by atoms with E-state index in [1.807, 2.05) is 36.4 Å². The van der Waals surface area contributed by atoms with Crippen molar-refractivity contribution in [3.05, 3.63) is 95.6 Å². The van der Waals surface area contributed by atoms with Crippen LogP contribution in [0.4, 0.5) is 5.69 Å². The number of anilines is 1. The van der Waals surface area contributed by atoms with E-state index in [1.54, 1.807) is 32.3 Å². The summed E-state index contributed by atoms with van der Waals surface area (Å²) < 4.78 is 25.9. The minimum atomic E-state index is -3.43. The van der Waals surface area contributed by atoms with E-state index in [1.165, 1.54) is 15.4 Å². The summed E-state index contributed by atoms with van der Waals surface area (Å²) >= 11 is 0. The summed E-state index contributed by atoms with van der Waals surface area (Å²) in [6.07, 6.45) is 0.846. The number of hydrogen-bond acceptors (Lipinski definition) is 3. The van der Waals surface area contributed by atoms with Crippen molar-refractivity contribution in [3.8, 4) is 0 Å². The fourth-order valence-electron chi connectivity index (χ4n) is 2.89. The van der Waals surface area contributed by atoms with Crippen LogP contribution in [-0.2, 0) is 23.0 Å². The van der Waals surface area contributed by atoms with Gasteiger partial charge in [0.05, 0.1) is 4.90 Å². The van der Waals surface area contributed by atoms with Crippen LogP contribution in [-0.4, -0.2) is 26.8 Å². The lowest BCUT2D eigenvalue weighted by molar-refractivity contribution is 0.520. The van der Waals surface area contributed by atoms with Gasteiger partial charge in [0.15, 0.2) is 0 Å². The highest BCUT2D eigenvalue weighted by molar-refractivity contribution is 7.89. The molecule has 1 N–H and O–H groups in total. The number of nitrogens with zero attached hydrogens (tertiary/aromatic N) is 1. The molecule has 0 spiro atoms. The third-order valence-corrected chi connectivity index (χ3v) is 6.23. The highest BCUT2D eigenvalue weighted by atomic mass is 32.2. The van der Waals surface area contributed by atoms with Crippen molar-refractivity contribution in [1.29, 1.82) is 0 Å². The van der Waals surface area contributed by atoms with Crippen molar-refractivity contribution in [2.24, 2.45) is 0 Å². The zero-order valence-corrected chi connectivity index (χ0v) is 16.4. The first kappa shape index (κ1) is 19.1. The molecule has 0 unspecified atom stereocenters. The van der Waals surface area contributed by atoms with E-state index in [9.17, 15) is 8.42 Å². The molecule has 27 heavy (non-hydrogen) atoms. The molecule has 0 amide bonds. The number of sulfonamides is 1. The molecule has 0 atom stereocenters. The average molecular weight is 381 g/mol. The van der Waals surface area contributed by atoms with Crippen LogP contribution in [0, 0.1) is 0 Å². The van der Waals surface area contributed by atoms with E-state index >= 15 is 0 Å². The van der Waals surface area contributed by atoms with Crippen LogP contribution >= 0.6 is 0 Å². The predicted octanol–water partition coefficient (Wildman–Crippen LogP) is 4.14. The van der Waals surface area contributed by atoms with Gasteiger partial charge in [0.2, 0.25) is 10.0 Å². The second kappa shape index (κ2) is 8.37. The summed E-state index contributed by atoms with van der Waals surface area (Å²) in [5, 5.41) is 3.45. The third-order valence-electron chi connectivity index (χ3n) is 4.41. The van der Waals surface area contributed by atoms with E-state index in [2.05, 4.69) is 29.6 Å². The fraction of sp³-hybridized carbons (Fsp3) is 0.182. The molecule has 3 aromatic rings. The Morgan fingerprint density at radius 3 is 2.22 bits per heavy atom. The van der Waals surface area contributed by atoms with Gasteiger partial charge in [0.1, 0.15) is 0 Å². The number of benzene rings is 3. The second-order valence-corrected chi connectivity index (χ2v) is 8.76. The summed E-state index contributed by atoms with van der Waals surface area (Å²) in [4.78, 5) is 0.310. The van der Waals surface area contributed by atoms with Gasteiger partial charge < -0.3 is 5.32 Å². The molecule has 0 aliphatic heterocycles. The first-order chi connectivity index (χ1) is 13.0. The summed E-state index contributed by atoms with van der Waals surface area (Å²) in [5.41, 5.74) is 4.45. The van der Waals surface area contributed by atoms with Crippen molar-refractivity contribution in [2.75, 3.05) is 19.4 Å². The summed E-state index contributed by atoms with van der Waals surface area (Å²) in [5.74, 6) is 0. The normalized spacial score (nSPS) is 11.5. The van der Waals surface area contributed by atoms with Crippen LogP contribution in [0.5, 0.6) is 0 Å². The van der Waals surface area contributed by atoms with E-state index in [4.69, 9.17) is 0 Å². The highest BCUT2D eigenvalue weighted by Gasteiger charge is 2.17. The van der Waals surface area contributed by atoms with Gasteiger partial charge in [0.25, 0.3) is 0 Å². The van der Waals surface area contributed by atoms with Gasteiger partial charge >= 0.3 is 0 Å². The Kier molecular flexibility index (Phi) is 5.94. The van der Waals surface area contributed by atoms with Gasteiger partial charge in [-0.25, -0.2) is 12.7 Å². The fourth-order valence-corrected chi connectivity index (χ4v) is 3.86. The Labute approximate surface area is 161 Å². The lowest BCUT2D eigenvalue weighted by Gasteiger charge is -2.14. The van der Waals surface area contributed by atoms with Crippen molar-refractivity contribution in [1.82, 2.24) is 4.31 Å². The highest BCUT2D eigenvalue weighted by Crippen LogP contribution is 2.21. The molecule has 0 aliphatic rings. The maximum absolute atomic E-state index is 12.3. The molecule has 0 fully saturated rings. The largest absolute Gasteiger partial charge is 0.381 e. The van der Waals surface area contributed by atoms with E-state index < -0.39 is 10.0 Å². The Balaban J connectivity index is 1.76. The lowest BCUT2D eigenvalue weighted by atomic mass is 10.0. The number of nitrogens with one attached hydrogen (secondary N) is 1. The molecule has 0 aromatic heterocycles. The molecule has 0 bridgehead atoms. The molecular formula is C22H24N2O2S. The van der Waals surface area contributed by atoms with Crippen LogP contribution in [0.3, 0.4) is 0 Å². The summed E-state index contributed by atoms with van der Waals surface area (Å²) in [6.45, 7) is 0.558. The zero-order chi connectivity index (χ0) is 19.3. The van der Waals surface area contributed by atoms with Crippen molar-refractivity contribution in [2.45, 2.75) is 17.9 Å². The average Bonchev–Trinajstić information content (AvgIpc) is 2.68. The molecule has 3 aromatic carbocycles. The second-order valence-electron chi connectivity index (χ2n) is 6.61. The lowest BCUT2D eigenvalue weighted by Crippen LogP contribution is -2.22. The maximum Gasteiger partial charge on any atom is 0.242 e. The predicted molar refractivity (Wildman–Crippen MR) is 110 cm³/mol. The van der Waals surface area contributed by atoms with Crippen molar-refractivity contribution in [3.63, 3.8) is 0 Å². The molecule has 0 aliphatic carbocycles. The molecule has 3 rings (SSSR count). The van der Waals surface area contributed by atoms with E-state index in [0.717, 1.165) is 17.7 Å². The zero-order valence-electron chi connectivity index (χ0n) is 15.6. The van der Waals surface area contributed by atoms with Crippen LogP contribution in [0.2, 0.25) is 0 Å². The van der Waals surface area contributed by atoms with Gasteiger partial charge in [-0.3, -0.25) is 0 Å². The van der Waals surface area contributed by atoms with Gasteiger partial charge in [-0.2, -0.15) is 0 Å².